The summed E-state index contributed by atoms with van der Waals surface area (Å²) in [4.78, 5) is 43.2. The van der Waals surface area contributed by atoms with Gasteiger partial charge in [0.2, 0.25) is 5.91 Å². The zero-order valence-corrected chi connectivity index (χ0v) is 28.8. The summed E-state index contributed by atoms with van der Waals surface area (Å²) < 4.78 is 10.8. The summed E-state index contributed by atoms with van der Waals surface area (Å²) >= 11 is 1.60. The standard InChI is InChI=1S/C35H53N3O5S/c1-9-10-11-12-13-14-22-38(33(40)30(21-23-44-8)37-34(41)43-35(4,5)6)31(27-16-15-25(2)26(3)24-27)32(39)36-28-17-19-29(42-7)20-18-28/h15-20,24,30-31H,9-14,21-23H2,1-8H3,(H,36,39)(H,37,41). The van der Waals surface area contributed by atoms with E-state index in [1.54, 1.807) is 68.8 Å². The Hall–Kier alpha value is -3.20. The van der Waals surface area contributed by atoms with Crippen LogP contribution >= 0.6 is 11.8 Å². The largest absolute Gasteiger partial charge is 0.497 e. The fourth-order valence-electron chi connectivity index (χ4n) is 4.86. The van der Waals surface area contributed by atoms with E-state index in [-0.39, 0.29) is 11.8 Å². The zero-order valence-electron chi connectivity index (χ0n) is 28.0. The second-order valence-electron chi connectivity index (χ2n) is 12.2. The number of ether oxygens (including phenoxy) is 2. The van der Waals surface area contributed by atoms with Crippen LogP contribution in [0.15, 0.2) is 42.5 Å². The molecule has 0 aliphatic heterocycles. The lowest BCUT2D eigenvalue weighted by molar-refractivity contribution is -0.141. The van der Waals surface area contributed by atoms with E-state index >= 15 is 0 Å². The van der Waals surface area contributed by atoms with E-state index in [2.05, 4.69) is 17.6 Å². The van der Waals surface area contributed by atoms with Crippen molar-refractivity contribution in [1.82, 2.24) is 10.2 Å². The van der Waals surface area contributed by atoms with Crippen LogP contribution in [0.1, 0.15) is 95.4 Å². The molecule has 244 valence electrons. The first kappa shape index (κ1) is 37.0. The number of alkyl carbamates (subject to hydrolysis) is 1. The Morgan fingerprint density at radius 2 is 1.59 bits per heavy atom. The van der Waals surface area contributed by atoms with Gasteiger partial charge in [-0.2, -0.15) is 11.8 Å². The van der Waals surface area contributed by atoms with E-state index in [9.17, 15) is 14.4 Å². The molecular weight excluding hydrogens is 574 g/mol. The number of hydrogen-bond donors (Lipinski definition) is 2. The smallest absolute Gasteiger partial charge is 0.408 e. The normalized spacial score (nSPS) is 12.6. The van der Waals surface area contributed by atoms with E-state index in [4.69, 9.17) is 9.47 Å². The van der Waals surface area contributed by atoms with Gasteiger partial charge in [-0.15, -0.1) is 0 Å². The maximum Gasteiger partial charge on any atom is 0.408 e. The van der Waals surface area contributed by atoms with Crippen LogP contribution in [0.25, 0.3) is 0 Å². The molecule has 2 aromatic rings. The van der Waals surface area contributed by atoms with Gasteiger partial charge < -0.3 is 25.0 Å². The van der Waals surface area contributed by atoms with Crippen LogP contribution < -0.4 is 15.4 Å². The van der Waals surface area contributed by atoms with Crippen LogP contribution in [0.3, 0.4) is 0 Å². The third-order valence-corrected chi connectivity index (χ3v) is 8.04. The lowest BCUT2D eigenvalue weighted by atomic mass is 9.97. The van der Waals surface area contributed by atoms with Gasteiger partial charge in [-0.25, -0.2) is 4.79 Å². The van der Waals surface area contributed by atoms with Crippen LogP contribution in [-0.2, 0) is 14.3 Å². The van der Waals surface area contributed by atoms with Gasteiger partial charge in [0, 0.05) is 12.2 Å². The highest BCUT2D eigenvalue weighted by Crippen LogP contribution is 2.28. The molecule has 2 rings (SSSR count). The molecule has 0 aliphatic rings. The molecule has 3 amide bonds. The molecule has 2 atom stereocenters. The molecule has 2 unspecified atom stereocenters. The van der Waals surface area contributed by atoms with E-state index in [0.29, 0.717) is 30.2 Å². The molecule has 0 saturated heterocycles. The fourth-order valence-corrected chi connectivity index (χ4v) is 5.34. The highest BCUT2D eigenvalue weighted by molar-refractivity contribution is 7.98. The average molecular weight is 628 g/mol. The second-order valence-corrected chi connectivity index (χ2v) is 13.2. The predicted octanol–water partition coefficient (Wildman–Crippen LogP) is 7.83. The van der Waals surface area contributed by atoms with Gasteiger partial charge in [0.1, 0.15) is 23.4 Å². The first-order valence-electron chi connectivity index (χ1n) is 15.7. The van der Waals surface area contributed by atoms with Crippen molar-refractivity contribution in [2.24, 2.45) is 0 Å². The summed E-state index contributed by atoms with van der Waals surface area (Å²) in [5.74, 6) is 0.715. The number of rotatable bonds is 17. The van der Waals surface area contributed by atoms with E-state index in [1.807, 2.05) is 38.3 Å². The Morgan fingerprint density at radius 3 is 2.18 bits per heavy atom. The maximum absolute atomic E-state index is 14.5. The molecule has 0 aromatic heterocycles. The summed E-state index contributed by atoms with van der Waals surface area (Å²) in [6.45, 7) is 11.9. The third kappa shape index (κ3) is 12.4. The van der Waals surface area contributed by atoms with E-state index < -0.39 is 23.8 Å². The topological polar surface area (TPSA) is 97.0 Å². The lowest BCUT2D eigenvalue weighted by Gasteiger charge is -2.35. The molecular formula is C35H53N3O5S. The number of nitrogens with one attached hydrogen (secondary N) is 2. The number of hydrogen-bond acceptors (Lipinski definition) is 6. The van der Waals surface area contributed by atoms with E-state index in [0.717, 1.165) is 48.8 Å². The fraction of sp³-hybridized carbons (Fsp3) is 0.571. The number of carbonyl (C=O) groups is 3. The number of anilines is 1. The van der Waals surface area contributed by atoms with Gasteiger partial charge in [0.25, 0.3) is 5.91 Å². The third-order valence-electron chi connectivity index (χ3n) is 7.40. The maximum atomic E-state index is 14.5. The Balaban J connectivity index is 2.53. The number of amides is 3. The van der Waals surface area contributed by atoms with Crippen molar-refractivity contribution in [3.8, 4) is 5.75 Å². The van der Waals surface area contributed by atoms with Gasteiger partial charge in [-0.3, -0.25) is 9.59 Å². The van der Waals surface area contributed by atoms with Crippen molar-refractivity contribution in [2.45, 2.75) is 104 Å². The molecule has 2 aromatic carbocycles. The molecule has 9 heteroatoms. The van der Waals surface area contributed by atoms with Crippen molar-refractivity contribution >= 4 is 35.4 Å². The quantitative estimate of drug-likeness (QED) is 0.174. The lowest BCUT2D eigenvalue weighted by Crippen LogP contribution is -2.52. The number of nitrogens with zero attached hydrogens (tertiary/aromatic N) is 1. The number of aryl methyl sites for hydroxylation is 2. The van der Waals surface area contributed by atoms with Gasteiger partial charge in [-0.05, 0) is 100 Å². The molecule has 0 bridgehead atoms. The van der Waals surface area contributed by atoms with Gasteiger partial charge in [0.15, 0.2) is 0 Å². The van der Waals surface area contributed by atoms with Crippen molar-refractivity contribution in [2.75, 3.05) is 31.0 Å². The molecule has 0 heterocycles. The Morgan fingerprint density at radius 1 is 0.932 bits per heavy atom. The van der Waals surface area contributed by atoms with Crippen LogP contribution in [0.2, 0.25) is 0 Å². The molecule has 44 heavy (non-hydrogen) atoms. The molecule has 0 spiro atoms. The summed E-state index contributed by atoms with van der Waals surface area (Å²) in [6, 6.07) is 11.2. The van der Waals surface area contributed by atoms with Crippen LogP contribution in [0.5, 0.6) is 5.75 Å². The van der Waals surface area contributed by atoms with Gasteiger partial charge in [0.05, 0.1) is 7.11 Å². The number of thioether (sulfide) groups is 1. The Kier molecular flexibility index (Phi) is 15.6. The van der Waals surface area contributed by atoms with Crippen molar-refractivity contribution in [1.29, 1.82) is 0 Å². The molecule has 0 aliphatic carbocycles. The number of benzene rings is 2. The minimum atomic E-state index is -0.906. The summed E-state index contributed by atoms with van der Waals surface area (Å²) in [5, 5.41) is 5.85. The number of unbranched alkanes of at least 4 members (excludes halogenated alkanes) is 5. The average Bonchev–Trinajstić information content (AvgIpc) is 2.97. The highest BCUT2D eigenvalue weighted by atomic mass is 32.2. The molecule has 0 saturated carbocycles. The van der Waals surface area contributed by atoms with Crippen molar-refractivity contribution in [3.63, 3.8) is 0 Å². The van der Waals surface area contributed by atoms with Gasteiger partial charge >= 0.3 is 6.09 Å². The number of carbonyl (C=O) groups excluding carboxylic acids is 3. The molecule has 0 fully saturated rings. The van der Waals surface area contributed by atoms with Crippen LogP contribution in [-0.4, -0.2) is 60.1 Å². The first-order valence-corrected chi connectivity index (χ1v) is 17.1. The van der Waals surface area contributed by atoms with Crippen LogP contribution in [0, 0.1) is 13.8 Å². The summed E-state index contributed by atoms with van der Waals surface area (Å²) in [5.41, 5.74) is 2.74. The zero-order chi connectivity index (χ0) is 32.7. The minimum Gasteiger partial charge on any atom is -0.497 e. The van der Waals surface area contributed by atoms with Crippen LogP contribution in [0.4, 0.5) is 10.5 Å². The Labute approximate surface area is 269 Å². The monoisotopic (exact) mass is 627 g/mol. The SMILES string of the molecule is CCCCCCCCN(C(=O)C(CCSC)NC(=O)OC(C)(C)C)C(C(=O)Nc1ccc(OC)cc1)c1ccc(C)c(C)c1. The summed E-state index contributed by atoms with van der Waals surface area (Å²) in [6.07, 6.45) is 7.94. The first-order chi connectivity index (χ1) is 20.9. The molecule has 0 radical (unpaired) electrons. The Bertz CT molecular complexity index is 1200. The van der Waals surface area contributed by atoms with Crippen molar-refractivity contribution in [3.05, 3.63) is 59.2 Å². The van der Waals surface area contributed by atoms with E-state index in [1.165, 1.54) is 6.42 Å². The summed E-state index contributed by atoms with van der Waals surface area (Å²) in [7, 11) is 1.59. The minimum absolute atomic E-state index is 0.299. The van der Waals surface area contributed by atoms with Crippen molar-refractivity contribution < 1.29 is 23.9 Å². The highest BCUT2D eigenvalue weighted by Gasteiger charge is 2.36. The molecule has 8 nitrogen and oxygen atoms in total. The molecule has 2 N–H and O–H groups in total. The van der Waals surface area contributed by atoms with Gasteiger partial charge in [-0.1, -0.05) is 57.2 Å². The number of methoxy groups -OCH3 is 1. The second kappa shape index (κ2) is 18.6. The predicted molar refractivity (Wildman–Crippen MR) is 182 cm³/mol.